The lowest BCUT2D eigenvalue weighted by molar-refractivity contribution is 0.0702. The highest BCUT2D eigenvalue weighted by atomic mass is 32.2. The van der Waals surface area contributed by atoms with Gasteiger partial charge in [0, 0.05) is 25.2 Å². The molecule has 1 fully saturated rings. The van der Waals surface area contributed by atoms with E-state index in [1.807, 2.05) is 6.92 Å². The van der Waals surface area contributed by atoms with Crippen LogP contribution in [0.4, 0.5) is 5.82 Å². The molecule has 1 atom stereocenters. The first kappa shape index (κ1) is 19.8. The molecule has 1 aromatic heterocycles. The minimum absolute atomic E-state index is 0.0396. The molecule has 2 aliphatic rings. The average molecular weight is 393 g/mol. The number of hydrogen-bond acceptors (Lipinski definition) is 6. The van der Waals surface area contributed by atoms with Gasteiger partial charge in [-0.1, -0.05) is 11.6 Å². The Hall–Kier alpha value is -1.96. The Labute approximate surface area is 161 Å². The predicted octanol–water partition coefficient (Wildman–Crippen LogP) is 2.43. The van der Waals surface area contributed by atoms with E-state index in [9.17, 15) is 13.2 Å². The highest BCUT2D eigenvalue weighted by molar-refractivity contribution is 7.91. The highest BCUT2D eigenvalue weighted by Crippen LogP contribution is 2.21. The van der Waals surface area contributed by atoms with Crippen molar-refractivity contribution in [2.75, 3.05) is 29.9 Å². The summed E-state index contributed by atoms with van der Waals surface area (Å²) in [4.78, 5) is 22.8. The van der Waals surface area contributed by atoms with Crippen LogP contribution < -0.4 is 5.32 Å². The first-order valence-corrected chi connectivity index (χ1v) is 11.6. The van der Waals surface area contributed by atoms with Crippen molar-refractivity contribution in [2.45, 2.75) is 51.5 Å². The lowest BCUT2D eigenvalue weighted by atomic mass is 9.97. The Kier molecular flexibility index (Phi) is 6.46. The summed E-state index contributed by atoms with van der Waals surface area (Å²) in [6, 6.07) is 1.39. The Balaban J connectivity index is 1.61. The van der Waals surface area contributed by atoms with E-state index in [1.165, 1.54) is 37.6 Å². The summed E-state index contributed by atoms with van der Waals surface area (Å²) < 4.78 is 23.5. The second-order valence-corrected chi connectivity index (χ2v) is 9.45. The topological polar surface area (TPSA) is 92.3 Å². The van der Waals surface area contributed by atoms with Gasteiger partial charge in [-0.3, -0.25) is 4.79 Å². The molecule has 1 aliphatic heterocycles. The molecule has 1 N–H and O–H groups in total. The monoisotopic (exact) mass is 392 g/mol. The summed E-state index contributed by atoms with van der Waals surface area (Å²) >= 11 is 0. The van der Waals surface area contributed by atoms with Crippen LogP contribution in [-0.2, 0) is 9.84 Å². The van der Waals surface area contributed by atoms with E-state index in [-0.39, 0.29) is 23.5 Å². The van der Waals surface area contributed by atoms with Crippen LogP contribution in [0.1, 0.15) is 55.9 Å². The van der Waals surface area contributed by atoms with Crippen molar-refractivity contribution in [1.82, 2.24) is 14.9 Å². The standard InChI is InChI=1S/C19H28N4O3S/c1-2-23(16-9-11-27(25,26)13-16)19(24)17-12-18(22-14-21-17)20-10-8-15-6-4-3-5-7-15/h6,12,14,16H,2-5,7-11,13H2,1H3,(H,20,21,22). The van der Waals surface area contributed by atoms with Crippen LogP contribution in [-0.4, -0.2) is 59.8 Å². The summed E-state index contributed by atoms with van der Waals surface area (Å²) in [5.41, 5.74) is 1.79. The first-order chi connectivity index (χ1) is 13.0. The van der Waals surface area contributed by atoms with Crippen LogP contribution in [0.5, 0.6) is 0 Å². The average Bonchev–Trinajstić information content (AvgIpc) is 3.03. The molecule has 0 saturated carbocycles. The fourth-order valence-corrected chi connectivity index (χ4v) is 5.52. The highest BCUT2D eigenvalue weighted by Gasteiger charge is 2.34. The van der Waals surface area contributed by atoms with Crippen LogP contribution in [0.3, 0.4) is 0 Å². The van der Waals surface area contributed by atoms with E-state index in [4.69, 9.17) is 0 Å². The van der Waals surface area contributed by atoms with Crippen LogP contribution >= 0.6 is 0 Å². The van der Waals surface area contributed by atoms with Crippen molar-refractivity contribution < 1.29 is 13.2 Å². The minimum Gasteiger partial charge on any atom is -0.370 e. The van der Waals surface area contributed by atoms with Crippen molar-refractivity contribution in [3.8, 4) is 0 Å². The molecule has 0 spiro atoms. The van der Waals surface area contributed by atoms with Crippen molar-refractivity contribution in [1.29, 1.82) is 0 Å². The molecule has 8 heteroatoms. The summed E-state index contributed by atoms with van der Waals surface area (Å²) in [7, 11) is -3.04. The number of anilines is 1. The number of sulfone groups is 1. The van der Waals surface area contributed by atoms with Gasteiger partial charge in [0.1, 0.15) is 17.8 Å². The summed E-state index contributed by atoms with van der Waals surface area (Å²) in [6.45, 7) is 3.09. The maximum atomic E-state index is 12.9. The van der Waals surface area contributed by atoms with Gasteiger partial charge in [-0.05, 0) is 45.4 Å². The molecule has 1 aliphatic carbocycles. The second-order valence-electron chi connectivity index (χ2n) is 7.22. The van der Waals surface area contributed by atoms with Gasteiger partial charge in [0.2, 0.25) is 0 Å². The maximum Gasteiger partial charge on any atom is 0.272 e. The van der Waals surface area contributed by atoms with Gasteiger partial charge in [0.05, 0.1) is 11.5 Å². The number of nitrogens with one attached hydrogen (secondary N) is 1. The third-order valence-corrected chi connectivity index (χ3v) is 7.02. The molecule has 1 aromatic rings. The number of aromatic nitrogens is 2. The van der Waals surface area contributed by atoms with Gasteiger partial charge in [0.15, 0.2) is 9.84 Å². The molecular weight excluding hydrogens is 364 g/mol. The fraction of sp³-hybridized carbons (Fsp3) is 0.632. The van der Waals surface area contributed by atoms with E-state index in [2.05, 4.69) is 21.4 Å². The number of rotatable bonds is 7. The van der Waals surface area contributed by atoms with E-state index in [1.54, 1.807) is 11.0 Å². The zero-order chi connectivity index (χ0) is 19.3. The lowest BCUT2D eigenvalue weighted by Crippen LogP contribution is -2.41. The zero-order valence-electron chi connectivity index (χ0n) is 15.9. The molecule has 3 rings (SSSR count). The second kappa shape index (κ2) is 8.82. The maximum absolute atomic E-state index is 12.9. The summed E-state index contributed by atoms with van der Waals surface area (Å²) in [6.07, 6.45) is 10.1. The van der Waals surface area contributed by atoms with Gasteiger partial charge < -0.3 is 10.2 Å². The molecule has 0 aromatic carbocycles. The molecule has 148 valence electrons. The molecule has 7 nitrogen and oxygen atoms in total. The lowest BCUT2D eigenvalue weighted by Gasteiger charge is -2.26. The van der Waals surface area contributed by atoms with Crippen molar-refractivity contribution in [3.05, 3.63) is 29.7 Å². The number of amides is 1. The van der Waals surface area contributed by atoms with Crippen LogP contribution in [0.2, 0.25) is 0 Å². The van der Waals surface area contributed by atoms with E-state index in [0.717, 1.165) is 13.0 Å². The molecule has 2 heterocycles. The smallest absolute Gasteiger partial charge is 0.272 e. The number of hydrogen-bond donors (Lipinski definition) is 1. The van der Waals surface area contributed by atoms with E-state index >= 15 is 0 Å². The number of carbonyl (C=O) groups is 1. The van der Waals surface area contributed by atoms with Gasteiger partial charge >= 0.3 is 0 Å². The largest absolute Gasteiger partial charge is 0.370 e. The van der Waals surface area contributed by atoms with Gasteiger partial charge in [-0.2, -0.15) is 0 Å². The molecular formula is C19H28N4O3S. The molecule has 0 radical (unpaired) electrons. The summed E-state index contributed by atoms with van der Waals surface area (Å²) in [5.74, 6) is 0.575. The van der Waals surface area contributed by atoms with E-state index < -0.39 is 9.84 Å². The minimum atomic E-state index is -3.04. The molecule has 1 saturated heterocycles. The molecule has 0 bridgehead atoms. The van der Waals surface area contributed by atoms with Crippen LogP contribution in [0, 0.1) is 0 Å². The SMILES string of the molecule is CCN(C(=O)c1cc(NCCC2=CCCCC2)ncn1)C1CCS(=O)(=O)C1. The van der Waals surface area contributed by atoms with Crippen LogP contribution in [0.25, 0.3) is 0 Å². The molecule has 1 amide bonds. The van der Waals surface area contributed by atoms with Crippen molar-refractivity contribution >= 4 is 21.6 Å². The zero-order valence-corrected chi connectivity index (χ0v) is 16.7. The van der Waals surface area contributed by atoms with Gasteiger partial charge in [0.25, 0.3) is 5.91 Å². The quantitative estimate of drug-likeness (QED) is 0.717. The third-order valence-electron chi connectivity index (χ3n) is 5.27. The van der Waals surface area contributed by atoms with Crippen LogP contribution in [0.15, 0.2) is 24.0 Å². The van der Waals surface area contributed by atoms with Crippen molar-refractivity contribution in [2.24, 2.45) is 0 Å². The number of allylic oxidation sites excluding steroid dienone is 1. The van der Waals surface area contributed by atoms with Gasteiger partial charge in [-0.25, -0.2) is 18.4 Å². The Morgan fingerprint density at radius 2 is 2.19 bits per heavy atom. The molecule has 27 heavy (non-hydrogen) atoms. The third kappa shape index (κ3) is 5.28. The Morgan fingerprint density at radius 3 is 2.85 bits per heavy atom. The number of nitrogens with zero attached hydrogens (tertiary/aromatic N) is 3. The Bertz CT molecular complexity index is 807. The summed E-state index contributed by atoms with van der Waals surface area (Å²) in [5, 5.41) is 3.27. The van der Waals surface area contributed by atoms with E-state index in [0.29, 0.717) is 24.5 Å². The first-order valence-electron chi connectivity index (χ1n) is 9.73. The molecule has 1 unspecified atom stereocenters. The predicted molar refractivity (Wildman–Crippen MR) is 105 cm³/mol. The van der Waals surface area contributed by atoms with Gasteiger partial charge in [-0.15, -0.1) is 0 Å². The fourth-order valence-electron chi connectivity index (χ4n) is 3.79. The Morgan fingerprint density at radius 1 is 1.33 bits per heavy atom. The number of carbonyl (C=O) groups excluding carboxylic acids is 1. The van der Waals surface area contributed by atoms with Crippen molar-refractivity contribution in [3.63, 3.8) is 0 Å². The normalized spacial score (nSPS) is 21.5.